The molecule has 0 aliphatic rings. The third-order valence-electron chi connectivity index (χ3n) is 8.16. The first-order valence-corrected chi connectivity index (χ1v) is 14.5. The Labute approximate surface area is 267 Å². The number of benzene rings is 7. The summed E-state index contributed by atoms with van der Waals surface area (Å²) >= 11 is 0. The lowest BCUT2D eigenvalue weighted by Gasteiger charge is -2.12. The van der Waals surface area contributed by atoms with Gasteiger partial charge in [-0.2, -0.15) is 0 Å². The Balaban J connectivity index is 1.26. The van der Waals surface area contributed by atoms with E-state index in [-0.39, 0.29) is 23.0 Å². The number of para-hydroxylation sites is 1. The van der Waals surface area contributed by atoms with Crippen LogP contribution in [0.5, 0.6) is 0 Å². The summed E-state index contributed by atoms with van der Waals surface area (Å²) in [5.74, 6) is 0.445. The standard InChI is InChI=1S/C41H25N3O/c1-2-11-27(12-3-1)39-42-40(44-41(43-39)34-18-10-20-37-38(34)33-17-8-9-19-36(33)45-37)28-23-21-26(22-24-28)35-25-29-13-4-5-14-30(29)31-15-6-7-16-32(31)35/h1-25H/i1D,2D,3D,8D,11D,12D. The number of nitrogens with zero attached hydrogens (tertiary/aromatic N) is 3. The van der Waals surface area contributed by atoms with Crippen LogP contribution in [0.3, 0.4) is 0 Å². The monoisotopic (exact) mass is 581 g/mol. The molecule has 0 amide bonds. The van der Waals surface area contributed by atoms with Crippen molar-refractivity contribution in [3.8, 4) is 45.3 Å². The van der Waals surface area contributed by atoms with Crippen LogP contribution in [-0.4, -0.2) is 15.0 Å². The zero-order valence-corrected chi connectivity index (χ0v) is 23.7. The minimum absolute atomic E-state index is 0.0532. The fourth-order valence-electron chi connectivity index (χ4n) is 6.09. The predicted octanol–water partition coefficient (Wildman–Crippen LogP) is 10.7. The van der Waals surface area contributed by atoms with Gasteiger partial charge in [0.25, 0.3) is 0 Å². The van der Waals surface area contributed by atoms with E-state index in [2.05, 4.69) is 30.3 Å². The molecule has 0 saturated heterocycles. The van der Waals surface area contributed by atoms with Crippen LogP contribution in [-0.2, 0) is 0 Å². The Bertz CT molecular complexity index is 2860. The van der Waals surface area contributed by atoms with E-state index in [0.717, 1.165) is 21.9 Å². The summed E-state index contributed by atoms with van der Waals surface area (Å²) < 4.78 is 56.5. The molecule has 45 heavy (non-hydrogen) atoms. The largest absolute Gasteiger partial charge is 0.456 e. The second kappa shape index (κ2) is 10.2. The van der Waals surface area contributed by atoms with Crippen molar-refractivity contribution in [2.24, 2.45) is 0 Å². The summed E-state index contributed by atoms with van der Waals surface area (Å²) in [5, 5.41) is 6.03. The first-order chi connectivity index (χ1) is 24.8. The third kappa shape index (κ3) is 4.27. The normalized spacial score (nSPS) is 13.4. The number of fused-ring (bicyclic) bond motifs is 6. The van der Waals surface area contributed by atoms with E-state index in [1.807, 2.05) is 66.7 Å². The topological polar surface area (TPSA) is 51.8 Å². The average molecular weight is 582 g/mol. The van der Waals surface area contributed by atoms with Crippen LogP contribution in [0.4, 0.5) is 0 Å². The lowest BCUT2D eigenvalue weighted by Crippen LogP contribution is -2.00. The van der Waals surface area contributed by atoms with Crippen LogP contribution < -0.4 is 0 Å². The SMILES string of the molecule is [2H]c1ccc2oc3cccc(-c4nc(-c5ccc(-c6cc7ccccc7c7ccccc67)cc5)nc(-c5c([2H])c([2H])c([2H])c([2H])c5[2H])n4)c3c2c1. The average Bonchev–Trinajstić information content (AvgIpc) is 3.54. The molecular formula is C41H25N3O. The van der Waals surface area contributed by atoms with Crippen molar-refractivity contribution in [1.82, 2.24) is 15.0 Å². The Hall–Kier alpha value is -6.13. The second-order valence-corrected chi connectivity index (χ2v) is 10.8. The summed E-state index contributed by atoms with van der Waals surface area (Å²) in [6.45, 7) is 0. The summed E-state index contributed by atoms with van der Waals surface area (Å²) in [5.41, 5.74) is 4.38. The van der Waals surface area contributed by atoms with Gasteiger partial charge in [-0.25, -0.2) is 15.0 Å². The Kier molecular flexibility index (Phi) is 4.54. The molecule has 2 heterocycles. The van der Waals surface area contributed by atoms with Crippen molar-refractivity contribution in [3.63, 3.8) is 0 Å². The van der Waals surface area contributed by atoms with E-state index < -0.39 is 30.2 Å². The molecule has 210 valence electrons. The summed E-state index contributed by atoms with van der Waals surface area (Å²) in [6.07, 6.45) is 0. The van der Waals surface area contributed by atoms with Crippen LogP contribution in [0.1, 0.15) is 8.22 Å². The van der Waals surface area contributed by atoms with Crippen molar-refractivity contribution in [2.45, 2.75) is 0 Å². The molecule has 2 aromatic heterocycles. The van der Waals surface area contributed by atoms with Gasteiger partial charge in [0.05, 0.1) is 8.22 Å². The van der Waals surface area contributed by atoms with Crippen molar-refractivity contribution in [1.29, 1.82) is 0 Å². The van der Waals surface area contributed by atoms with E-state index in [0.29, 0.717) is 39.1 Å². The summed E-state index contributed by atoms with van der Waals surface area (Å²) in [6, 6.07) is 35.4. The van der Waals surface area contributed by atoms with E-state index >= 15 is 0 Å². The smallest absolute Gasteiger partial charge is 0.164 e. The van der Waals surface area contributed by atoms with Gasteiger partial charge in [-0.15, -0.1) is 0 Å². The molecule has 9 rings (SSSR count). The molecular weight excluding hydrogens is 550 g/mol. The fraction of sp³-hybridized carbons (Fsp3) is 0. The third-order valence-corrected chi connectivity index (χ3v) is 8.16. The van der Waals surface area contributed by atoms with Gasteiger partial charge in [-0.1, -0.05) is 133 Å². The molecule has 7 aromatic carbocycles. The molecule has 0 N–H and O–H groups in total. The number of rotatable bonds is 4. The number of aromatic nitrogens is 3. The number of furan rings is 1. The van der Waals surface area contributed by atoms with Gasteiger partial charge in [-0.05, 0) is 50.9 Å². The summed E-state index contributed by atoms with van der Waals surface area (Å²) in [4.78, 5) is 14.4. The predicted molar refractivity (Wildman–Crippen MR) is 184 cm³/mol. The van der Waals surface area contributed by atoms with Crippen LogP contribution in [0.25, 0.3) is 88.8 Å². The van der Waals surface area contributed by atoms with Crippen LogP contribution >= 0.6 is 0 Å². The summed E-state index contributed by atoms with van der Waals surface area (Å²) in [7, 11) is 0. The zero-order valence-electron chi connectivity index (χ0n) is 29.7. The van der Waals surface area contributed by atoms with Crippen LogP contribution in [0.2, 0.25) is 0 Å². The van der Waals surface area contributed by atoms with E-state index in [4.69, 9.17) is 27.6 Å². The highest BCUT2D eigenvalue weighted by molar-refractivity contribution is 6.14. The highest BCUT2D eigenvalue weighted by Gasteiger charge is 2.18. The maximum atomic E-state index is 8.70. The molecule has 0 radical (unpaired) electrons. The maximum Gasteiger partial charge on any atom is 0.164 e. The maximum absolute atomic E-state index is 8.70. The van der Waals surface area contributed by atoms with E-state index in [9.17, 15) is 0 Å². The van der Waals surface area contributed by atoms with Crippen molar-refractivity contribution in [3.05, 3.63) is 152 Å². The van der Waals surface area contributed by atoms with Crippen LogP contribution in [0.15, 0.2) is 156 Å². The van der Waals surface area contributed by atoms with Gasteiger partial charge in [0.15, 0.2) is 17.5 Å². The van der Waals surface area contributed by atoms with Crippen LogP contribution in [0, 0.1) is 0 Å². The van der Waals surface area contributed by atoms with Gasteiger partial charge < -0.3 is 4.42 Å². The van der Waals surface area contributed by atoms with Gasteiger partial charge in [0, 0.05) is 27.5 Å². The second-order valence-electron chi connectivity index (χ2n) is 10.8. The zero-order chi connectivity index (χ0) is 35.0. The molecule has 0 fully saturated rings. The van der Waals surface area contributed by atoms with Crippen molar-refractivity contribution < 1.29 is 12.6 Å². The lowest BCUT2D eigenvalue weighted by atomic mass is 9.93. The number of hydrogen-bond donors (Lipinski definition) is 0. The molecule has 0 aliphatic heterocycles. The minimum atomic E-state index is -0.499. The molecule has 0 aliphatic carbocycles. The fourth-order valence-corrected chi connectivity index (χ4v) is 6.09. The number of hydrogen-bond acceptors (Lipinski definition) is 4. The highest BCUT2D eigenvalue weighted by atomic mass is 16.3. The molecule has 4 nitrogen and oxygen atoms in total. The lowest BCUT2D eigenvalue weighted by molar-refractivity contribution is 0.669. The molecule has 0 bridgehead atoms. The molecule has 0 unspecified atom stereocenters. The Morgan fingerprint density at radius 1 is 0.444 bits per heavy atom. The Morgan fingerprint density at radius 3 is 1.98 bits per heavy atom. The van der Waals surface area contributed by atoms with E-state index in [1.165, 1.54) is 10.8 Å². The van der Waals surface area contributed by atoms with Gasteiger partial charge in [0.2, 0.25) is 0 Å². The first-order valence-electron chi connectivity index (χ1n) is 17.5. The van der Waals surface area contributed by atoms with Crippen molar-refractivity contribution in [2.75, 3.05) is 0 Å². The van der Waals surface area contributed by atoms with Gasteiger partial charge in [-0.3, -0.25) is 0 Å². The highest BCUT2D eigenvalue weighted by Crippen LogP contribution is 2.38. The molecule has 0 saturated carbocycles. The van der Waals surface area contributed by atoms with Crippen molar-refractivity contribution >= 4 is 43.5 Å². The van der Waals surface area contributed by atoms with Gasteiger partial charge >= 0.3 is 0 Å². The quantitative estimate of drug-likeness (QED) is 0.194. The molecule has 0 atom stereocenters. The molecule has 0 spiro atoms. The Morgan fingerprint density at radius 2 is 1.13 bits per heavy atom. The molecule has 4 heteroatoms. The minimum Gasteiger partial charge on any atom is -0.456 e. The first kappa shape index (κ1) is 19.9. The van der Waals surface area contributed by atoms with E-state index in [1.54, 1.807) is 18.2 Å². The van der Waals surface area contributed by atoms with Gasteiger partial charge in [0.1, 0.15) is 11.2 Å². The molecule has 9 aromatic rings.